The van der Waals surface area contributed by atoms with E-state index in [1.54, 1.807) is 6.92 Å². The summed E-state index contributed by atoms with van der Waals surface area (Å²) in [5.41, 5.74) is 0.774. The van der Waals surface area contributed by atoms with E-state index in [1.807, 2.05) is 13.8 Å². The Morgan fingerprint density at radius 2 is 1.64 bits per heavy atom. The van der Waals surface area contributed by atoms with E-state index in [2.05, 4.69) is 17.2 Å². The first-order chi connectivity index (χ1) is 13.2. The van der Waals surface area contributed by atoms with Crippen molar-refractivity contribution in [1.29, 1.82) is 0 Å². The quantitative estimate of drug-likeness (QED) is 0.548. The highest BCUT2D eigenvalue weighted by molar-refractivity contribution is 6.29. The molecule has 1 aromatic carbocycles. The average Bonchev–Trinajstić information content (AvgIpc) is 2.67. The number of carbonyl (C=O) groups excluding carboxylic acids is 4. The molecule has 9 heteroatoms. The van der Waals surface area contributed by atoms with Crippen molar-refractivity contribution in [1.82, 2.24) is 5.06 Å². The first kappa shape index (κ1) is 25.1. The van der Waals surface area contributed by atoms with Gasteiger partial charge in [-0.25, -0.2) is 4.79 Å². The third-order valence-electron chi connectivity index (χ3n) is 3.05. The van der Waals surface area contributed by atoms with Gasteiger partial charge in [-0.05, 0) is 25.1 Å². The first-order valence-corrected chi connectivity index (χ1v) is 9.21. The molecule has 0 atom stereocenters. The fourth-order valence-corrected chi connectivity index (χ4v) is 1.92. The van der Waals surface area contributed by atoms with Crippen LogP contribution in [0.3, 0.4) is 0 Å². The summed E-state index contributed by atoms with van der Waals surface area (Å²) in [6, 6.07) is 4.13. The second kappa shape index (κ2) is 12.5. The van der Waals surface area contributed by atoms with E-state index in [0.29, 0.717) is 0 Å². The van der Waals surface area contributed by atoms with Gasteiger partial charge in [0.15, 0.2) is 0 Å². The summed E-state index contributed by atoms with van der Waals surface area (Å²) in [6.45, 7) is 11.9. The lowest BCUT2D eigenvalue weighted by atomic mass is 10.1. The second-order valence-corrected chi connectivity index (χ2v) is 5.54. The Labute approximate surface area is 169 Å². The van der Waals surface area contributed by atoms with Crippen LogP contribution >= 0.6 is 11.6 Å². The van der Waals surface area contributed by atoms with E-state index < -0.39 is 17.8 Å². The van der Waals surface area contributed by atoms with E-state index in [9.17, 15) is 19.2 Å². The van der Waals surface area contributed by atoms with Crippen molar-refractivity contribution in [3.05, 3.63) is 36.0 Å². The Kier molecular flexibility index (Phi) is 11.2. The molecule has 3 amide bonds. The SMILES string of the molecule is C=C(C)N(OC(=O)c1ccc(NC(=O)CCl)c(NC(=O)CC)c1)C(C)=O.CC. The maximum atomic E-state index is 12.3. The van der Waals surface area contributed by atoms with Gasteiger partial charge in [-0.3, -0.25) is 14.4 Å². The normalized spacial score (nSPS) is 9.36. The Morgan fingerprint density at radius 1 is 1.07 bits per heavy atom. The summed E-state index contributed by atoms with van der Waals surface area (Å²) in [5.74, 6) is -2.40. The Hall–Kier alpha value is -2.87. The fraction of sp³-hybridized carbons (Fsp3) is 0.368. The number of hydroxylamine groups is 2. The molecule has 0 saturated carbocycles. The van der Waals surface area contributed by atoms with Crippen LogP contribution in [-0.2, 0) is 19.2 Å². The lowest BCUT2D eigenvalue weighted by molar-refractivity contribution is -0.156. The summed E-state index contributed by atoms with van der Waals surface area (Å²) in [7, 11) is 0. The number of halogens is 1. The molecule has 0 radical (unpaired) electrons. The standard InChI is InChI=1S/C17H20ClN3O5.C2H6/c1-5-15(23)20-14-8-12(6-7-13(14)19-16(24)9-18)17(25)26-21(10(2)3)11(4)22;1-2/h6-8H,2,5,9H2,1,3-4H3,(H,19,24)(H,20,23);1-2H3. The summed E-state index contributed by atoms with van der Waals surface area (Å²) in [4.78, 5) is 52.0. The van der Waals surface area contributed by atoms with E-state index in [4.69, 9.17) is 16.4 Å². The first-order valence-electron chi connectivity index (χ1n) is 8.67. The zero-order valence-corrected chi connectivity index (χ0v) is 17.5. The van der Waals surface area contributed by atoms with Gasteiger partial charge in [0.25, 0.3) is 5.91 Å². The predicted octanol–water partition coefficient (Wildman–Crippen LogP) is 3.69. The van der Waals surface area contributed by atoms with Crippen LogP contribution < -0.4 is 10.6 Å². The number of hydrogen-bond donors (Lipinski definition) is 2. The number of alkyl halides is 1. The molecular formula is C19H26ClN3O5. The minimum Gasteiger partial charge on any atom is -0.328 e. The third-order valence-corrected chi connectivity index (χ3v) is 3.30. The molecular weight excluding hydrogens is 386 g/mol. The molecule has 0 aromatic heterocycles. The number of anilines is 2. The van der Waals surface area contributed by atoms with Gasteiger partial charge >= 0.3 is 5.97 Å². The van der Waals surface area contributed by atoms with Crippen LogP contribution in [0.4, 0.5) is 11.4 Å². The summed E-state index contributed by atoms with van der Waals surface area (Å²) >= 11 is 5.47. The number of amides is 3. The van der Waals surface area contributed by atoms with Crippen molar-refractivity contribution < 1.29 is 24.0 Å². The zero-order chi connectivity index (χ0) is 21.9. The van der Waals surface area contributed by atoms with Gasteiger partial charge in [0.05, 0.1) is 22.6 Å². The minimum atomic E-state index is -0.828. The molecule has 0 spiro atoms. The molecule has 8 nitrogen and oxygen atoms in total. The van der Waals surface area contributed by atoms with Gasteiger partial charge < -0.3 is 15.5 Å². The van der Waals surface area contributed by atoms with Gasteiger partial charge in [-0.15, -0.1) is 16.7 Å². The average molecular weight is 412 g/mol. The monoisotopic (exact) mass is 411 g/mol. The maximum absolute atomic E-state index is 12.3. The molecule has 1 aromatic rings. The van der Waals surface area contributed by atoms with E-state index in [0.717, 1.165) is 5.06 Å². The van der Waals surface area contributed by atoms with Crippen LogP contribution in [0.15, 0.2) is 30.5 Å². The van der Waals surface area contributed by atoms with Crippen LogP contribution in [0.25, 0.3) is 0 Å². The molecule has 0 aliphatic carbocycles. The summed E-state index contributed by atoms with van der Waals surface area (Å²) in [6.07, 6.45) is 0.200. The van der Waals surface area contributed by atoms with Gasteiger partial charge in [0, 0.05) is 13.3 Å². The molecule has 154 valence electrons. The smallest absolute Gasteiger partial charge is 0.328 e. The maximum Gasteiger partial charge on any atom is 0.363 e. The lowest BCUT2D eigenvalue weighted by Gasteiger charge is -2.19. The lowest BCUT2D eigenvalue weighted by Crippen LogP contribution is -2.29. The molecule has 0 unspecified atom stereocenters. The Balaban J connectivity index is 0.00000352. The number of carbonyl (C=O) groups is 4. The van der Waals surface area contributed by atoms with Crippen molar-refractivity contribution in [2.75, 3.05) is 16.5 Å². The van der Waals surface area contributed by atoms with Crippen LogP contribution in [0.1, 0.15) is 51.4 Å². The summed E-state index contributed by atoms with van der Waals surface area (Å²) < 4.78 is 0. The fourth-order valence-electron chi connectivity index (χ4n) is 1.85. The molecule has 2 N–H and O–H groups in total. The molecule has 0 heterocycles. The minimum absolute atomic E-state index is 0.0628. The third kappa shape index (κ3) is 7.79. The van der Waals surface area contributed by atoms with Crippen molar-refractivity contribution in [2.45, 2.75) is 41.0 Å². The number of benzene rings is 1. The van der Waals surface area contributed by atoms with E-state index >= 15 is 0 Å². The van der Waals surface area contributed by atoms with Crippen molar-refractivity contribution in [2.24, 2.45) is 0 Å². The molecule has 1 rings (SSSR count). The van der Waals surface area contributed by atoms with Gasteiger partial charge in [0.2, 0.25) is 11.8 Å². The molecule has 0 bridgehead atoms. The largest absolute Gasteiger partial charge is 0.363 e. The van der Waals surface area contributed by atoms with Gasteiger partial charge in [-0.2, -0.15) is 0 Å². The number of allylic oxidation sites excluding steroid dienone is 1. The van der Waals surface area contributed by atoms with Crippen LogP contribution in [0, 0.1) is 0 Å². The van der Waals surface area contributed by atoms with Crippen LogP contribution in [-0.4, -0.2) is 34.6 Å². The van der Waals surface area contributed by atoms with Crippen molar-refractivity contribution in [3.63, 3.8) is 0 Å². The number of rotatable bonds is 6. The highest BCUT2D eigenvalue weighted by Crippen LogP contribution is 2.24. The number of nitrogens with zero attached hydrogens (tertiary/aromatic N) is 1. The molecule has 0 saturated heterocycles. The molecule has 0 aliphatic rings. The van der Waals surface area contributed by atoms with E-state index in [-0.39, 0.29) is 40.8 Å². The zero-order valence-electron chi connectivity index (χ0n) is 16.7. The highest BCUT2D eigenvalue weighted by atomic mass is 35.5. The number of hydrogen-bond acceptors (Lipinski definition) is 5. The van der Waals surface area contributed by atoms with Gasteiger partial charge in [0.1, 0.15) is 5.88 Å². The van der Waals surface area contributed by atoms with Gasteiger partial charge in [-0.1, -0.05) is 27.4 Å². The summed E-state index contributed by atoms with van der Waals surface area (Å²) in [5, 5.41) is 5.86. The van der Waals surface area contributed by atoms with Crippen molar-refractivity contribution in [3.8, 4) is 0 Å². The van der Waals surface area contributed by atoms with Crippen LogP contribution in [0.5, 0.6) is 0 Å². The Bertz CT molecular complexity index is 735. The Morgan fingerprint density at radius 3 is 2.11 bits per heavy atom. The molecule has 28 heavy (non-hydrogen) atoms. The predicted molar refractivity (Wildman–Crippen MR) is 109 cm³/mol. The number of nitrogens with one attached hydrogen (secondary N) is 2. The highest BCUT2D eigenvalue weighted by Gasteiger charge is 2.19. The van der Waals surface area contributed by atoms with E-state index in [1.165, 1.54) is 32.0 Å². The topological polar surface area (TPSA) is 105 Å². The second-order valence-electron chi connectivity index (χ2n) is 5.27. The van der Waals surface area contributed by atoms with Crippen LogP contribution in [0.2, 0.25) is 0 Å². The molecule has 0 fully saturated rings. The van der Waals surface area contributed by atoms with Crippen molar-refractivity contribution >= 4 is 46.7 Å². The molecule has 0 aliphatic heterocycles.